The molecule has 0 spiro atoms. The van der Waals surface area contributed by atoms with Gasteiger partial charge in [0.2, 0.25) is 10.0 Å². The standard InChI is InChI=1S/C13H14FN3O2S/c1-8-2-3-9(14)6-13(8)17-12-5-4-10(7-11(12)15)20(16,18)19/h2-7,17H,15H2,1H3,(H2,16,18,19). The number of halogens is 1. The minimum atomic E-state index is -3.80. The van der Waals surface area contributed by atoms with Gasteiger partial charge < -0.3 is 11.1 Å². The summed E-state index contributed by atoms with van der Waals surface area (Å²) in [5.41, 5.74) is 7.85. The third-order valence-corrected chi connectivity index (χ3v) is 3.73. The fourth-order valence-corrected chi connectivity index (χ4v) is 2.25. The predicted octanol–water partition coefficient (Wildman–Crippen LogP) is 2.11. The van der Waals surface area contributed by atoms with Crippen molar-refractivity contribution in [3.05, 3.63) is 47.8 Å². The van der Waals surface area contributed by atoms with E-state index < -0.39 is 10.0 Å². The van der Waals surface area contributed by atoms with Crippen LogP contribution in [0.15, 0.2) is 41.3 Å². The van der Waals surface area contributed by atoms with E-state index in [2.05, 4.69) is 5.32 Å². The topological polar surface area (TPSA) is 98.2 Å². The molecule has 0 saturated heterocycles. The van der Waals surface area contributed by atoms with Gasteiger partial charge in [0.05, 0.1) is 16.3 Å². The number of anilines is 3. The third-order valence-electron chi connectivity index (χ3n) is 2.82. The largest absolute Gasteiger partial charge is 0.397 e. The molecule has 0 atom stereocenters. The number of rotatable bonds is 3. The van der Waals surface area contributed by atoms with E-state index >= 15 is 0 Å². The minimum Gasteiger partial charge on any atom is -0.397 e. The Labute approximate surface area is 116 Å². The quantitative estimate of drug-likeness (QED) is 0.755. The van der Waals surface area contributed by atoms with Crippen molar-refractivity contribution in [2.45, 2.75) is 11.8 Å². The van der Waals surface area contributed by atoms with Crippen LogP contribution in [-0.2, 0) is 10.0 Å². The third kappa shape index (κ3) is 3.06. The average molecular weight is 295 g/mol. The molecule has 7 heteroatoms. The number of nitrogen functional groups attached to an aromatic ring is 1. The summed E-state index contributed by atoms with van der Waals surface area (Å²) in [6.45, 7) is 1.82. The van der Waals surface area contributed by atoms with Crippen molar-refractivity contribution >= 4 is 27.1 Å². The second kappa shape index (κ2) is 5.10. The second-order valence-electron chi connectivity index (χ2n) is 4.38. The van der Waals surface area contributed by atoms with Crippen LogP contribution in [0, 0.1) is 12.7 Å². The first-order valence-corrected chi connectivity index (χ1v) is 7.27. The van der Waals surface area contributed by atoms with Gasteiger partial charge in [-0.2, -0.15) is 0 Å². The Hall–Kier alpha value is -2.12. The second-order valence-corrected chi connectivity index (χ2v) is 5.94. The van der Waals surface area contributed by atoms with E-state index in [-0.39, 0.29) is 16.4 Å². The molecule has 0 bridgehead atoms. The van der Waals surface area contributed by atoms with Crippen LogP contribution in [0.3, 0.4) is 0 Å². The monoisotopic (exact) mass is 295 g/mol. The SMILES string of the molecule is Cc1ccc(F)cc1Nc1ccc(S(N)(=O)=O)cc1N. The molecule has 0 aliphatic carbocycles. The van der Waals surface area contributed by atoms with E-state index in [0.717, 1.165) is 5.56 Å². The van der Waals surface area contributed by atoms with Crippen LogP contribution >= 0.6 is 0 Å². The lowest BCUT2D eigenvalue weighted by atomic mass is 10.2. The maximum atomic E-state index is 13.2. The van der Waals surface area contributed by atoms with Gasteiger partial charge in [0.1, 0.15) is 5.82 Å². The van der Waals surface area contributed by atoms with Gasteiger partial charge in [-0.05, 0) is 42.8 Å². The van der Waals surface area contributed by atoms with E-state index in [4.69, 9.17) is 10.9 Å². The lowest BCUT2D eigenvalue weighted by Crippen LogP contribution is -2.12. The van der Waals surface area contributed by atoms with Crippen molar-refractivity contribution in [2.24, 2.45) is 5.14 Å². The van der Waals surface area contributed by atoms with Crippen LogP contribution < -0.4 is 16.2 Å². The number of hydrogen-bond acceptors (Lipinski definition) is 4. The molecular formula is C13H14FN3O2S. The van der Waals surface area contributed by atoms with E-state index in [1.165, 1.54) is 30.3 Å². The average Bonchev–Trinajstić information content (AvgIpc) is 2.35. The Morgan fingerprint density at radius 1 is 1.10 bits per heavy atom. The molecule has 20 heavy (non-hydrogen) atoms. The molecule has 0 fully saturated rings. The highest BCUT2D eigenvalue weighted by Crippen LogP contribution is 2.27. The molecule has 5 N–H and O–H groups in total. The summed E-state index contributed by atoms with van der Waals surface area (Å²) in [4.78, 5) is -0.0727. The molecule has 0 radical (unpaired) electrons. The van der Waals surface area contributed by atoms with Crippen molar-refractivity contribution in [2.75, 3.05) is 11.1 Å². The van der Waals surface area contributed by atoms with Crippen LogP contribution in [0.25, 0.3) is 0 Å². The Kier molecular flexibility index (Phi) is 3.65. The zero-order valence-electron chi connectivity index (χ0n) is 10.7. The first-order valence-electron chi connectivity index (χ1n) is 5.73. The normalized spacial score (nSPS) is 11.3. The van der Waals surface area contributed by atoms with Crippen molar-refractivity contribution < 1.29 is 12.8 Å². The zero-order valence-corrected chi connectivity index (χ0v) is 11.5. The Balaban J connectivity index is 2.38. The summed E-state index contributed by atoms with van der Waals surface area (Å²) in [6, 6.07) is 8.40. The summed E-state index contributed by atoms with van der Waals surface area (Å²) in [5, 5.41) is 7.98. The highest BCUT2D eigenvalue weighted by atomic mass is 32.2. The first kappa shape index (κ1) is 14.3. The molecular weight excluding hydrogens is 281 g/mol. The number of sulfonamides is 1. The highest BCUT2D eigenvalue weighted by molar-refractivity contribution is 7.89. The summed E-state index contributed by atoms with van der Waals surface area (Å²) < 4.78 is 35.6. The Bertz CT molecular complexity index is 760. The van der Waals surface area contributed by atoms with Gasteiger partial charge in [0.25, 0.3) is 0 Å². The summed E-state index contributed by atoms with van der Waals surface area (Å²) in [7, 11) is -3.80. The number of nitrogens with one attached hydrogen (secondary N) is 1. The van der Waals surface area contributed by atoms with Gasteiger partial charge in [0, 0.05) is 5.69 Å². The van der Waals surface area contributed by atoms with E-state index in [1.807, 2.05) is 6.92 Å². The maximum absolute atomic E-state index is 13.2. The molecule has 0 heterocycles. The number of primary sulfonamides is 1. The molecule has 0 unspecified atom stereocenters. The van der Waals surface area contributed by atoms with E-state index in [0.29, 0.717) is 11.4 Å². The van der Waals surface area contributed by atoms with Crippen LogP contribution in [0.5, 0.6) is 0 Å². The molecule has 106 valence electrons. The van der Waals surface area contributed by atoms with Crippen LogP contribution in [-0.4, -0.2) is 8.42 Å². The number of benzene rings is 2. The molecule has 0 saturated carbocycles. The van der Waals surface area contributed by atoms with Gasteiger partial charge in [-0.3, -0.25) is 0 Å². The highest BCUT2D eigenvalue weighted by Gasteiger charge is 2.10. The van der Waals surface area contributed by atoms with Crippen molar-refractivity contribution in [1.29, 1.82) is 0 Å². The van der Waals surface area contributed by atoms with Crippen molar-refractivity contribution in [3.63, 3.8) is 0 Å². The summed E-state index contributed by atoms with van der Waals surface area (Å²) in [6.07, 6.45) is 0. The number of aryl methyl sites for hydroxylation is 1. The van der Waals surface area contributed by atoms with Gasteiger partial charge in [-0.1, -0.05) is 6.07 Å². The maximum Gasteiger partial charge on any atom is 0.238 e. The van der Waals surface area contributed by atoms with Crippen molar-refractivity contribution in [1.82, 2.24) is 0 Å². The van der Waals surface area contributed by atoms with Gasteiger partial charge in [-0.25, -0.2) is 17.9 Å². The van der Waals surface area contributed by atoms with E-state index in [1.54, 1.807) is 6.07 Å². The molecule has 0 amide bonds. The molecule has 2 aromatic carbocycles. The predicted molar refractivity (Wildman–Crippen MR) is 76.6 cm³/mol. The van der Waals surface area contributed by atoms with Crippen LogP contribution in [0.2, 0.25) is 0 Å². The van der Waals surface area contributed by atoms with Crippen molar-refractivity contribution in [3.8, 4) is 0 Å². The van der Waals surface area contributed by atoms with Crippen LogP contribution in [0.4, 0.5) is 21.5 Å². The lowest BCUT2D eigenvalue weighted by molar-refractivity contribution is 0.598. The molecule has 5 nitrogen and oxygen atoms in total. The first-order chi connectivity index (χ1) is 9.27. The van der Waals surface area contributed by atoms with Crippen LogP contribution in [0.1, 0.15) is 5.56 Å². The van der Waals surface area contributed by atoms with Gasteiger partial charge in [-0.15, -0.1) is 0 Å². The lowest BCUT2D eigenvalue weighted by Gasteiger charge is -2.12. The Morgan fingerprint density at radius 2 is 1.80 bits per heavy atom. The smallest absolute Gasteiger partial charge is 0.238 e. The van der Waals surface area contributed by atoms with Gasteiger partial charge in [0.15, 0.2) is 0 Å². The zero-order chi connectivity index (χ0) is 14.9. The molecule has 0 aliphatic heterocycles. The number of hydrogen-bond donors (Lipinski definition) is 3. The fourth-order valence-electron chi connectivity index (χ4n) is 1.71. The molecule has 2 rings (SSSR count). The van der Waals surface area contributed by atoms with Gasteiger partial charge >= 0.3 is 0 Å². The Morgan fingerprint density at radius 3 is 2.40 bits per heavy atom. The fraction of sp³-hybridized carbons (Fsp3) is 0.0769. The molecule has 0 aliphatic rings. The minimum absolute atomic E-state index is 0.0727. The van der Waals surface area contributed by atoms with E-state index in [9.17, 15) is 12.8 Å². The summed E-state index contributed by atoms with van der Waals surface area (Å²) in [5.74, 6) is -0.377. The summed E-state index contributed by atoms with van der Waals surface area (Å²) >= 11 is 0. The number of nitrogens with two attached hydrogens (primary N) is 2. The molecule has 2 aromatic rings. The molecule has 0 aromatic heterocycles.